The second-order valence-electron chi connectivity index (χ2n) is 0.975. The fraction of sp³-hybridized carbons (Fsp3) is 0.500. The lowest BCUT2D eigenvalue weighted by atomic mass is 10.4. The van der Waals surface area contributed by atoms with Gasteiger partial charge in [-0.3, -0.25) is 0 Å². The van der Waals surface area contributed by atoms with Gasteiger partial charge in [-0.05, 0) is 5.92 Å². The fourth-order valence-electron chi connectivity index (χ4n) is 0.115. The van der Waals surface area contributed by atoms with E-state index in [4.69, 9.17) is 0 Å². The van der Waals surface area contributed by atoms with E-state index in [0.717, 1.165) is 5.92 Å². The van der Waals surface area contributed by atoms with Crippen LogP contribution in [0.5, 0.6) is 0 Å². The molecule has 0 nitrogen and oxygen atoms in total. The van der Waals surface area contributed by atoms with Crippen molar-refractivity contribution in [2.24, 2.45) is 0 Å². The third-order valence-corrected chi connectivity index (χ3v) is 0.414. The van der Waals surface area contributed by atoms with E-state index in [1.165, 1.54) is 0 Å². The highest BCUT2D eigenvalue weighted by Crippen LogP contribution is 2.02. The Balaban J connectivity index is 3.58. The normalized spacial score (nSPS) is 12.6. The minimum absolute atomic E-state index is 0.544. The Labute approximate surface area is 43.5 Å². The smallest absolute Gasteiger partial charge is 0.227 e. The third kappa shape index (κ3) is 2.45. The molecule has 0 rings (SSSR count). The van der Waals surface area contributed by atoms with Crippen molar-refractivity contribution >= 4 is 0 Å². The van der Waals surface area contributed by atoms with Crippen molar-refractivity contribution in [1.29, 1.82) is 0 Å². The molecule has 8 heavy (non-hydrogen) atoms. The number of rotatable bonds is 1. The van der Waals surface area contributed by atoms with E-state index in [-0.39, 0.29) is 0 Å². The number of hydrogen-bond donors (Lipinski definition) is 0. The van der Waals surface area contributed by atoms with E-state index >= 15 is 0 Å². The van der Waals surface area contributed by atoms with Crippen LogP contribution in [-0.2, 0) is 0 Å². The summed E-state index contributed by atoms with van der Waals surface area (Å²) in [6, 6.07) is 0. The maximum absolute atomic E-state index is 11.4. The average molecular weight is 126 g/mol. The van der Waals surface area contributed by atoms with Crippen molar-refractivity contribution in [2.45, 2.75) is 12.6 Å². The van der Waals surface area contributed by atoms with Crippen LogP contribution in [0.15, 0.2) is 0 Å². The van der Waals surface area contributed by atoms with Gasteiger partial charge in [0.15, 0.2) is 0 Å². The van der Waals surface area contributed by atoms with Crippen molar-refractivity contribution in [3.05, 3.63) is 0 Å². The summed E-state index contributed by atoms with van der Waals surface area (Å²) in [7, 11) is 0. The topological polar surface area (TPSA) is 0 Å². The highest BCUT2D eigenvalue weighted by molar-refractivity contribution is 4.99. The van der Waals surface area contributed by atoms with Gasteiger partial charge in [-0.15, -0.1) is 4.39 Å². The van der Waals surface area contributed by atoms with Crippen molar-refractivity contribution in [1.82, 2.24) is 0 Å². The Hall–Kier alpha value is -0.720. The maximum Gasteiger partial charge on any atom is 0.280 e. The summed E-state index contributed by atoms with van der Waals surface area (Å²) in [5.41, 5.74) is 0. The summed E-state index contributed by atoms with van der Waals surface area (Å²) in [6.07, 6.45) is -5.32. The second-order valence-corrected chi connectivity index (χ2v) is 0.975. The van der Waals surface area contributed by atoms with Crippen molar-refractivity contribution in [3.8, 4) is 12.1 Å². The van der Waals surface area contributed by atoms with Crippen LogP contribution in [0.25, 0.3) is 0 Å². The molecule has 0 bridgehead atoms. The largest absolute Gasteiger partial charge is 0.280 e. The minimum Gasteiger partial charge on any atom is -0.227 e. The van der Waals surface area contributed by atoms with Crippen molar-refractivity contribution < 1.29 is 17.6 Å². The average Bonchev–Trinajstić information content (AvgIpc) is 1.67. The Kier molecular flexibility index (Phi) is 3.01. The zero-order chi connectivity index (χ0) is 6.57. The summed E-state index contributed by atoms with van der Waals surface area (Å²) in [4.78, 5) is 0. The Bertz CT molecular complexity index is 109. The molecule has 0 heterocycles. The Morgan fingerprint density at radius 3 is 1.75 bits per heavy atom. The highest BCUT2D eigenvalue weighted by atomic mass is 19.3. The SMILES string of the molecule is FC#CC(F)C(F)F. The van der Waals surface area contributed by atoms with Gasteiger partial charge in [0.25, 0.3) is 6.43 Å². The maximum atomic E-state index is 11.4. The van der Waals surface area contributed by atoms with Gasteiger partial charge in [-0.1, -0.05) is 0 Å². The molecule has 0 aromatic heterocycles. The quantitative estimate of drug-likeness (QED) is 0.369. The molecule has 0 aliphatic heterocycles. The first-order valence-electron chi connectivity index (χ1n) is 1.72. The molecule has 0 amide bonds. The second kappa shape index (κ2) is 3.30. The first-order valence-corrected chi connectivity index (χ1v) is 1.72. The van der Waals surface area contributed by atoms with Gasteiger partial charge in [0.2, 0.25) is 6.17 Å². The number of halogens is 4. The summed E-state index contributed by atoms with van der Waals surface area (Å²) < 4.78 is 44.0. The lowest BCUT2D eigenvalue weighted by molar-refractivity contribution is 0.0795. The van der Waals surface area contributed by atoms with Crippen LogP contribution < -0.4 is 0 Å². The van der Waals surface area contributed by atoms with Gasteiger partial charge < -0.3 is 0 Å². The molecule has 0 aromatic rings. The summed E-state index contributed by atoms with van der Waals surface area (Å²) in [6.45, 7) is 0. The monoisotopic (exact) mass is 126 g/mol. The first kappa shape index (κ1) is 7.28. The molecule has 0 saturated carbocycles. The first-order chi connectivity index (χ1) is 3.68. The van der Waals surface area contributed by atoms with E-state index in [1.54, 1.807) is 0 Å². The van der Waals surface area contributed by atoms with Gasteiger partial charge in [0.1, 0.15) is 6.17 Å². The molecule has 0 aliphatic carbocycles. The molecule has 0 fully saturated rings. The van der Waals surface area contributed by atoms with Gasteiger partial charge in [-0.25, -0.2) is 13.2 Å². The Morgan fingerprint density at radius 2 is 1.62 bits per heavy atom. The standard InChI is InChI=1S/C4H2F4/c5-2-1-3(6)4(7)8/h3-4H. The lowest BCUT2D eigenvalue weighted by Crippen LogP contribution is -2.07. The van der Waals surface area contributed by atoms with Crippen LogP contribution in [-0.4, -0.2) is 12.6 Å². The predicted molar refractivity (Wildman–Crippen MR) is 19.8 cm³/mol. The van der Waals surface area contributed by atoms with E-state index in [1.807, 2.05) is 0 Å². The van der Waals surface area contributed by atoms with Crippen LogP contribution in [0.2, 0.25) is 0 Å². The molecule has 0 N–H and O–H groups in total. The minimum atomic E-state index is -3.21. The molecule has 1 atom stereocenters. The van der Waals surface area contributed by atoms with Gasteiger partial charge in [0, 0.05) is 0 Å². The molecule has 1 unspecified atom stereocenters. The molecule has 0 aliphatic rings. The molecular formula is C4H2F4. The van der Waals surface area contributed by atoms with E-state index in [2.05, 4.69) is 0 Å². The van der Waals surface area contributed by atoms with Gasteiger partial charge in [-0.2, -0.15) is 0 Å². The van der Waals surface area contributed by atoms with Crippen LogP contribution >= 0.6 is 0 Å². The van der Waals surface area contributed by atoms with Crippen molar-refractivity contribution in [2.75, 3.05) is 0 Å². The molecular weight excluding hydrogens is 124 g/mol. The predicted octanol–water partition coefficient (Wildman–Crippen LogP) is 1.52. The molecule has 46 valence electrons. The van der Waals surface area contributed by atoms with E-state index in [0.29, 0.717) is 6.17 Å². The molecule has 4 heteroatoms. The van der Waals surface area contributed by atoms with Crippen molar-refractivity contribution in [3.63, 3.8) is 0 Å². The summed E-state index contributed by atoms with van der Waals surface area (Å²) in [5, 5.41) is 0. The third-order valence-electron chi connectivity index (χ3n) is 0.414. The van der Waals surface area contributed by atoms with E-state index < -0.39 is 12.6 Å². The highest BCUT2D eigenvalue weighted by Gasteiger charge is 2.15. The lowest BCUT2D eigenvalue weighted by Gasteiger charge is -1.92. The van der Waals surface area contributed by atoms with Crippen LogP contribution in [0, 0.1) is 12.1 Å². The van der Waals surface area contributed by atoms with Crippen LogP contribution in [0.3, 0.4) is 0 Å². The van der Waals surface area contributed by atoms with Gasteiger partial charge in [0.05, 0.1) is 0 Å². The number of hydrogen-bond acceptors (Lipinski definition) is 0. The number of alkyl halides is 3. The molecule has 0 saturated heterocycles. The van der Waals surface area contributed by atoms with Gasteiger partial charge >= 0.3 is 0 Å². The van der Waals surface area contributed by atoms with E-state index in [9.17, 15) is 17.6 Å². The van der Waals surface area contributed by atoms with Crippen LogP contribution in [0.1, 0.15) is 0 Å². The molecule has 0 radical (unpaired) electrons. The Morgan fingerprint density at radius 1 is 1.12 bits per heavy atom. The zero-order valence-electron chi connectivity index (χ0n) is 3.67. The fourth-order valence-corrected chi connectivity index (χ4v) is 0.115. The van der Waals surface area contributed by atoms with Crippen LogP contribution in [0.4, 0.5) is 17.6 Å². The molecule has 0 spiro atoms. The molecule has 0 aromatic carbocycles. The zero-order valence-corrected chi connectivity index (χ0v) is 3.67. The summed E-state index contributed by atoms with van der Waals surface area (Å²) in [5.74, 6) is 1.01. The summed E-state index contributed by atoms with van der Waals surface area (Å²) >= 11 is 0.